The van der Waals surface area contributed by atoms with Crippen LogP contribution in [0.4, 0.5) is 0 Å². The molecule has 0 fully saturated rings. The molecule has 5 heteroatoms. The number of rotatable bonds is 1. The van der Waals surface area contributed by atoms with Crippen molar-refractivity contribution in [2.24, 2.45) is 0 Å². The molecule has 1 aliphatic rings. The summed E-state index contributed by atoms with van der Waals surface area (Å²) >= 11 is 9.46. The molecule has 0 amide bonds. The molecule has 0 N–H and O–H groups in total. The minimum atomic E-state index is 0.489. The summed E-state index contributed by atoms with van der Waals surface area (Å²) in [5, 5.41) is 0.661. The number of benzene rings is 2. The molecule has 1 aliphatic heterocycles. The average Bonchev–Trinajstić information content (AvgIpc) is 2.53. The van der Waals surface area contributed by atoms with Gasteiger partial charge in [0.1, 0.15) is 12.4 Å². The van der Waals surface area contributed by atoms with E-state index in [1.807, 2.05) is 36.4 Å². The van der Waals surface area contributed by atoms with Crippen LogP contribution in [-0.4, -0.2) is 16.6 Å². The van der Waals surface area contributed by atoms with Gasteiger partial charge >= 0.3 is 0 Å². The monoisotopic (exact) mass is 372 g/mol. The van der Waals surface area contributed by atoms with Gasteiger partial charge < -0.3 is 4.74 Å². The minimum Gasteiger partial charge on any atom is -0.488 e. The molecular formula is C17H10BrClN2O. The first-order valence-corrected chi connectivity index (χ1v) is 7.92. The summed E-state index contributed by atoms with van der Waals surface area (Å²) in [6, 6.07) is 11.5. The number of ether oxygens (including phenoxy) is 1. The third-order valence-electron chi connectivity index (χ3n) is 3.52. The number of halogens is 2. The van der Waals surface area contributed by atoms with Crippen molar-refractivity contribution >= 4 is 50.2 Å². The molecule has 0 saturated heterocycles. The third-order valence-corrected chi connectivity index (χ3v) is 4.25. The number of fused-ring (bicyclic) bond motifs is 2. The quantitative estimate of drug-likeness (QED) is 0.603. The van der Waals surface area contributed by atoms with Gasteiger partial charge in [-0.25, -0.2) is 4.98 Å². The lowest BCUT2D eigenvalue weighted by Crippen LogP contribution is -2.08. The van der Waals surface area contributed by atoms with Crippen LogP contribution in [0.3, 0.4) is 0 Å². The van der Waals surface area contributed by atoms with Gasteiger partial charge in [-0.1, -0.05) is 27.5 Å². The Morgan fingerprint density at radius 2 is 2.00 bits per heavy atom. The Morgan fingerprint density at radius 3 is 2.91 bits per heavy atom. The fourth-order valence-electron chi connectivity index (χ4n) is 2.43. The molecule has 108 valence electrons. The highest BCUT2D eigenvalue weighted by Crippen LogP contribution is 2.32. The van der Waals surface area contributed by atoms with Crippen LogP contribution in [0.25, 0.3) is 22.7 Å². The van der Waals surface area contributed by atoms with E-state index in [0.29, 0.717) is 11.6 Å². The van der Waals surface area contributed by atoms with Crippen LogP contribution >= 0.6 is 27.5 Å². The summed E-state index contributed by atoms with van der Waals surface area (Å²) in [6.45, 7) is 0.489. The van der Waals surface area contributed by atoms with E-state index >= 15 is 0 Å². The van der Waals surface area contributed by atoms with Crippen molar-refractivity contribution in [3.8, 4) is 5.75 Å². The van der Waals surface area contributed by atoms with E-state index < -0.39 is 0 Å². The van der Waals surface area contributed by atoms with Gasteiger partial charge in [0.15, 0.2) is 0 Å². The predicted molar refractivity (Wildman–Crippen MR) is 92.1 cm³/mol. The van der Waals surface area contributed by atoms with Crippen molar-refractivity contribution in [2.75, 3.05) is 6.61 Å². The normalized spacial score (nSPS) is 13.5. The standard InChI is InChI=1S/C17H10BrClN2O/c18-12-1-4-17-10(6-12)5-11(9-22-17)16-8-20-15-7-13(19)2-3-14(15)21-16/h1-8H,9H2. The minimum absolute atomic E-state index is 0.489. The summed E-state index contributed by atoms with van der Waals surface area (Å²) < 4.78 is 6.82. The van der Waals surface area contributed by atoms with E-state index in [4.69, 9.17) is 16.3 Å². The maximum Gasteiger partial charge on any atom is 0.127 e. The molecule has 0 bridgehead atoms. The van der Waals surface area contributed by atoms with Gasteiger partial charge in [0.2, 0.25) is 0 Å². The Kier molecular flexibility index (Phi) is 3.36. The van der Waals surface area contributed by atoms with E-state index in [9.17, 15) is 0 Å². The van der Waals surface area contributed by atoms with Crippen molar-refractivity contribution in [1.29, 1.82) is 0 Å². The fourth-order valence-corrected chi connectivity index (χ4v) is 2.98. The molecular weight excluding hydrogens is 364 g/mol. The number of nitrogens with zero attached hydrogens (tertiary/aromatic N) is 2. The second-order valence-corrected chi connectivity index (χ2v) is 6.38. The molecule has 2 aromatic carbocycles. The Hall–Kier alpha value is -1.91. The van der Waals surface area contributed by atoms with Gasteiger partial charge in [0, 0.05) is 20.6 Å². The highest BCUT2D eigenvalue weighted by atomic mass is 79.9. The molecule has 4 rings (SSSR count). The highest BCUT2D eigenvalue weighted by Gasteiger charge is 2.15. The Bertz CT molecular complexity index is 924. The van der Waals surface area contributed by atoms with Crippen LogP contribution in [0, 0.1) is 0 Å². The first-order valence-electron chi connectivity index (χ1n) is 6.75. The van der Waals surface area contributed by atoms with Gasteiger partial charge in [0.05, 0.1) is 22.9 Å². The van der Waals surface area contributed by atoms with Crippen molar-refractivity contribution in [3.05, 3.63) is 63.3 Å². The van der Waals surface area contributed by atoms with Crippen LogP contribution < -0.4 is 4.74 Å². The van der Waals surface area contributed by atoms with Crippen LogP contribution in [0.15, 0.2) is 47.1 Å². The third kappa shape index (κ3) is 2.49. The Balaban J connectivity index is 1.80. The van der Waals surface area contributed by atoms with Gasteiger partial charge in [-0.2, -0.15) is 0 Å². The van der Waals surface area contributed by atoms with Crippen molar-refractivity contribution in [3.63, 3.8) is 0 Å². The molecule has 0 atom stereocenters. The maximum atomic E-state index is 5.97. The van der Waals surface area contributed by atoms with Crippen LogP contribution in [-0.2, 0) is 0 Å². The maximum absolute atomic E-state index is 5.97. The Labute approximate surface area is 140 Å². The van der Waals surface area contributed by atoms with E-state index in [2.05, 4.69) is 32.0 Å². The number of aromatic nitrogens is 2. The summed E-state index contributed by atoms with van der Waals surface area (Å²) in [6.07, 6.45) is 3.85. The molecule has 3 nitrogen and oxygen atoms in total. The van der Waals surface area contributed by atoms with E-state index in [-0.39, 0.29) is 0 Å². The summed E-state index contributed by atoms with van der Waals surface area (Å²) in [7, 11) is 0. The predicted octanol–water partition coefficient (Wildman–Crippen LogP) is 4.98. The zero-order valence-corrected chi connectivity index (χ0v) is 13.7. The molecule has 0 unspecified atom stereocenters. The van der Waals surface area contributed by atoms with Crippen LogP contribution in [0.5, 0.6) is 5.75 Å². The summed E-state index contributed by atoms with van der Waals surface area (Å²) in [5.74, 6) is 0.882. The summed E-state index contributed by atoms with van der Waals surface area (Å²) in [4.78, 5) is 9.09. The van der Waals surface area contributed by atoms with Crippen molar-refractivity contribution in [1.82, 2.24) is 9.97 Å². The topological polar surface area (TPSA) is 35.0 Å². The number of hydrogen-bond donors (Lipinski definition) is 0. The molecule has 0 aliphatic carbocycles. The fraction of sp³-hybridized carbons (Fsp3) is 0.0588. The van der Waals surface area contributed by atoms with Crippen LogP contribution in [0.1, 0.15) is 11.3 Å². The van der Waals surface area contributed by atoms with E-state index in [1.54, 1.807) is 6.20 Å². The van der Waals surface area contributed by atoms with Gasteiger partial charge in [-0.15, -0.1) is 0 Å². The molecule has 0 spiro atoms. The first-order chi connectivity index (χ1) is 10.7. The average molecular weight is 374 g/mol. The molecule has 22 heavy (non-hydrogen) atoms. The zero-order chi connectivity index (χ0) is 15.1. The smallest absolute Gasteiger partial charge is 0.127 e. The lowest BCUT2D eigenvalue weighted by Gasteiger charge is -2.18. The molecule has 0 radical (unpaired) electrons. The molecule has 3 aromatic rings. The lowest BCUT2D eigenvalue weighted by atomic mass is 10.1. The molecule has 1 aromatic heterocycles. The van der Waals surface area contributed by atoms with E-state index in [1.165, 1.54) is 0 Å². The van der Waals surface area contributed by atoms with Gasteiger partial charge in [0.25, 0.3) is 0 Å². The molecule has 2 heterocycles. The second kappa shape index (κ2) is 5.38. The van der Waals surface area contributed by atoms with Gasteiger partial charge in [-0.05, 0) is 42.5 Å². The Morgan fingerprint density at radius 1 is 1.09 bits per heavy atom. The SMILES string of the molecule is Clc1ccc2nc(C3=Cc4cc(Br)ccc4OC3)cnc2c1. The van der Waals surface area contributed by atoms with Crippen LogP contribution in [0.2, 0.25) is 5.02 Å². The van der Waals surface area contributed by atoms with Crippen molar-refractivity contribution < 1.29 is 4.74 Å². The summed E-state index contributed by atoms with van der Waals surface area (Å²) in [5.41, 5.74) is 4.48. The van der Waals surface area contributed by atoms with E-state index in [0.717, 1.165) is 38.1 Å². The lowest BCUT2D eigenvalue weighted by molar-refractivity contribution is 0.365. The first kappa shape index (κ1) is 13.7. The van der Waals surface area contributed by atoms with Gasteiger partial charge in [-0.3, -0.25) is 4.98 Å². The largest absolute Gasteiger partial charge is 0.488 e. The number of hydrogen-bond acceptors (Lipinski definition) is 3. The highest BCUT2D eigenvalue weighted by molar-refractivity contribution is 9.10. The van der Waals surface area contributed by atoms with Crippen molar-refractivity contribution in [2.45, 2.75) is 0 Å². The second-order valence-electron chi connectivity index (χ2n) is 5.03. The zero-order valence-electron chi connectivity index (χ0n) is 11.4. The molecule has 0 saturated carbocycles.